The number of aryl methyl sites for hydroxylation is 1. The van der Waals surface area contributed by atoms with Crippen molar-refractivity contribution in [2.75, 3.05) is 10.0 Å². The number of hydrogen-bond acceptors (Lipinski definition) is 3. The maximum atomic E-state index is 13.2. The Morgan fingerprint density at radius 3 is 2.45 bits per heavy atom. The molecule has 0 saturated heterocycles. The molecule has 3 atom stereocenters. The largest absolute Gasteiger partial charge is 0.378 e. The Morgan fingerprint density at radius 1 is 0.939 bits per heavy atom. The summed E-state index contributed by atoms with van der Waals surface area (Å²) >= 11 is 18.6. The number of allylic oxidation sites excluding steroid dienone is 2. The highest BCUT2D eigenvalue weighted by Crippen LogP contribution is 2.51. The van der Waals surface area contributed by atoms with Gasteiger partial charge in [0.05, 0.1) is 16.6 Å². The molecule has 3 aromatic carbocycles. The molecule has 0 aromatic heterocycles. The van der Waals surface area contributed by atoms with Crippen LogP contribution in [0.25, 0.3) is 0 Å². The van der Waals surface area contributed by atoms with Crippen LogP contribution in [0.1, 0.15) is 35.1 Å². The van der Waals surface area contributed by atoms with Crippen LogP contribution in [0.2, 0.25) is 15.1 Å². The number of fused-ring (bicyclic) bond motifs is 3. The predicted molar refractivity (Wildman–Crippen MR) is 136 cm³/mol. The summed E-state index contributed by atoms with van der Waals surface area (Å²) in [6.45, 7) is 1.82. The second-order valence-corrected chi connectivity index (χ2v) is 11.4. The molecular formula is C25H21Cl3N2O2S. The Hall–Kier alpha value is -2.18. The summed E-state index contributed by atoms with van der Waals surface area (Å²) in [4.78, 5) is 0.222. The lowest BCUT2D eigenvalue weighted by Gasteiger charge is -2.38. The molecule has 1 heterocycles. The fourth-order valence-electron chi connectivity index (χ4n) is 4.75. The van der Waals surface area contributed by atoms with Crippen LogP contribution in [0.5, 0.6) is 0 Å². The summed E-state index contributed by atoms with van der Waals surface area (Å²) in [7, 11) is -3.77. The smallest absolute Gasteiger partial charge is 0.261 e. The lowest BCUT2D eigenvalue weighted by molar-refractivity contribution is 0.425. The van der Waals surface area contributed by atoms with Gasteiger partial charge in [0.1, 0.15) is 0 Å². The van der Waals surface area contributed by atoms with Crippen molar-refractivity contribution in [3.05, 3.63) is 98.5 Å². The molecule has 0 saturated carbocycles. The van der Waals surface area contributed by atoms with Crippen LogP contribution < -0.4 is 10.0 Å². The van der Waals surface area contributed by atoms with E-state index in [0.29, 0.717) is 20.8 Å². The minimum atomic E-state index is -3.77. The Kier molecular flexibility index (Phi) is 5.86. The minimum absolute atomic E-state index is 0.000402. The minimum Gasteiger partial charge on any atom is -0.378 e. The molecule has 33 heavy (non-hydrogen) atoms. The molecule has 0 bridgehead atoms. The first-order valence-corrected chi connectivity index (χ1v) is 13.2. The molecule has 0 radical (unpaired) electrons. The van der Waals surface area contributed by atoms with E-state index in [1.165, 1.54) is 0 Å². The van der Waals surface area contributed by atoms with Gasteiger partial charge in [-0.1, -0.05) is 53.0 Å². The Balaban J connectivity index is 1.50. The van der Waals surface area contributed by atoms with Crippen molar-refractivity contribution in [1.29, 1.82) is 0 Å². The molecule has 2 N–H and O–H groups in total. The van der Waals surface area contributed by atoms with Gasteiger partial charge in [-0.25, -0.2) is 8.42 Å². The van der Waals surface area contributed by atoms with E-state index in [1.807, 2.05) is 25.1 Å². The fourth-order valence-corrected chi connectivity index (χ4v) is 6.66. The third-order valence-corrected chi connectivity index (χ3v) is 8.54. The van der Waals surface area contributed by atoms with E-state index < -0.39 is 10.0 Å². The Labute approximate surface area is 208 Å². The van der Waals surface area contributed by atoms with E-state index in [-0.39, 0.29) is 22.8 Å². The third-order valence-electron chi connectivity index (χ3n) is 6.37. The van der Waals surface area contributed by atoms with Gasteiger partial charge in [0.2, 0.25) is 0 Å². The van der Waals surface area contributed by atoms with E-state index >= 15 is 0 Å². The number of hydrogen-bond donors (Lipinski definition) is 2. The second-order valence-electron chi connectivity index (χ2n) is 8.46. The van der Waals surface area contributed by atoms with Gasteiger partial charge in [-0.3, -0.25) is 4.72 Å². The zero-order valence-electron chi connectivity index (χ0n) is 17.6. The van der Waals surface area contributed by atoms with Crippen molar-refractivity contribution in [2.45, 2.75) is 30.2 Å². The standard InChI is InChI=1S/C25H21Cl3N2O2S/c1-14-11-15(26)6-9-23(14)30-33(31,32)17-7-10-24-21(13-17)18-3-2-4-19(18)25(29-24)20-8-5-16(27)12-22(20)28/h2-3,5-13,18-19,25,29-30H,4H2,1H3/t18-,19+,25-/m0/s1. The molecule has 3 aromatic rings. The molecule has 8 heteroatoms. The lowest BCUT2D eigenvalue weighted by Crippen LogP contribution is -2.29. The average Bonchev–Trinajstić information content (AvgIpc) is 3.25. The molecule has 0 amide bonds. The maximum Gasteiger partial charge on any atom is 0.261 e. The molecule has 1 aliphatic heterocycles. The van der Waals surface area contributed by atoms with Crippen LogP contribution in [0, 0.1) is 12.8 Å². The van der Waals surface area contributed by atoms with Gasteiger partial charge >= 0.3 is 0 Å². The fraction of sp³-hybridized carbons (Fsp3) is 0.200. The number of nitrogens with one attached hydrogen (secondary N) is 2. The summed E-state index contributed by atoms with van der Waals surface area (Å²) < 4.78 is 29.0. The zero-order chi connectivity index (χ0) is 23.3. The molecule has 2 aliphatic rings. The Morgan fingerprint density at radius 2 is 1.70 bits per heavy atom. The normalized spacial score (nSPS) is 21.3. The molecule has 5 rings (SSSR count). The van der Waals surface area contributed by atoms with Crippen LogP contribution in [-0.4, -0.2) is 8.42 Å². The van der Waals surface area contributed by atoms with Gasteiger partial charge in [-0.15, -0.1) is 0 Å². The highest BCUT2D eigenvalue weighted by molar-refractivity contribution is 7.92. The van der Waals surface area contributed by atoms with Gasteiger partial charge in [-0.05, 0) is 84.5 Å². The zero-order valence-corrected chi connectivity index (χ0v) is 20.7. The first-order valence-electron chi connectivity index (χ1n) is 10.5. The number of benzene rings is 3. The van der Waals surface area contributed by atoms with E-state index in [0.717, 1.165) is 28.8 Å². The van der Waals surface area contributed by atoms with Crippen molar-refractivity contribution in [2.24, 2.45) is 5.92 Å². The first kappa shape index (κ1) is 22.6. The Bertz CT molecular complexity index is 1390. The molecule has 0 spiro atoms. The van der Waals surface area contributed by atoms with Crippen molar-refractivity contribution >= 4 is 56.2 Å². The van der Waals surface area contributed by atoms with Gasteiger partial charge < -0.3 is 5.32 Å². The number of sulfonamides is 1. The topological polar surface area (TPSA) is 58.2 Å². The molecular weight excluding hydrogens is 499 g/mol. The monoisotopic (exact) mass is 518 g/mol. The van der Waals surface area contributed by atoms with Gasteiger partial charge in [0.25, 0.3) is 10.0 Å². The quantitative estimate of drug-likeness (QED) is 0.349. The van der Waals surface area contributed by atoms with Crippen molar-refractivity contribution in [3.63, 3.8) is 0 Å². The highest BCUT2D eigenvalue weighted by atomic mass is 35.5. The molecule has 0 fully saturated rings. The van der Waals surface area contributed by atoms with Gasteiger partial charge in [0, 0.05) is 26.7 Å². The SMILES string of the molecule is Cc1cc(Cl)ccc1NS(=O)(=O)c1ccc2c(c1)[C@H]1C=CC[C@H]1[C@@H](c1ccc(Cl)cc1Cl)N2. The van der Waals surface area contributed by atoms with Crippen LogP contribution in [0.3, 0.4) is 0 Å². The van der Waals surface area contributed by atoms with E-state index in [4.69, 9.17) is 34.8 Å². The first-order chi connectivity index (χ1) is 15.7. The molecule has 1 aliphatic carbocycles. The summed E-state index contributed by atoms with van der Waals surface area (Å²) in [5.74, 6) is 0.311. The van der Waals surface area contributed by atoms with Crippen molar-refractivity contribution in [1.82, 2.24) is 0 Å². The average molecular weight is 520 g/mol. The third kappa shape index (κ3) is 4.24. The summed E-state index contributed by atoms with van der Waals surface area (Å²) in [6.07, 6.45) is 5.19. The van der Waals surface area contributed by atoms with Crippen LogP contribution in [0.15, 0.2) is 71.6 Å². The predicted octanol–water partition coefficient (Wildman–Crippen LogP) is 7.58. The lowest BCUT2D eigenvalue weighted by atomic mass is 9.77. The second kappa shape index (κ2) is 8.55. The number of halogens is 3. The van der Waals surface area contributed by atoms with Crippen molar-refractivity contribution < 1.29 is 8.42 Å². The molecule has 0 unspecified atom stereocenters. The van der Waals surface area contributed by atoms with Crippen LogP contribution in [-0.2, 0) is 10.0 Å². The maximum absolute atomic E-state index is 13.2. The number of anilines is 2. The molecule has 4 nitrogen and oxygen atoms in total. The van der Waals surface area contributed by atoms with Crippen molar-refractivity contribution in [3.8, 4) is 0 Å². The molecule has 170 valence electrons. The summed E-state index contributed by atoms with van der Waals surface area (Å²) in [5, 5.41) is 5.37. The van der Waals surface area contributed by atoms with Crippen LogP contribution >= 0.6 is 34.8 Å². The van der Waals surface area contributed by atoms with E-state index in [2.05, 4.69) is 22.2 Å². The van der Waals surface area contributed by atoms with Crippen LogP contribution in [0.4, 0.5) is 11.4 Å². The summed E-state index contributed by atoms with van der Waals surface area (Å²) in [5.41, 5.74) is 4.12. The number of rotatable bonds is 4. The van der Waals surface area contributed by atoms with E-state index in [1.54, 1.807) is 36.4 Å². The van der Waals surface area contributed by atoms with E-state index in [9.17, 15) is 8.42 Å². The van der Waals surface area contributed by atoms with Gasteiger partial charge in [0.15, 0.2) is 0 Å². The van der Waals surface area contributed by atoms with Gasteiger partial charge in [-0.2, -0.15) is 0 Å². The highest BCUT2D eigenvalue weighted by Gasteiger charge is 2.39. The summed E-state index contributed by atoms with van der Waals surface area (Å²) in [6, 6.07) is 15.8.